The van der Waals surface area contributed by atoms with Gasteiger partial charge in [-0.3, -0.25) is 4.79 Å². The molecule has 0 aromatic carbocycles. The maximum absolute atomic E-state index is 11.5. The molecule has 1 aromatic heterocycles. The van der Waals surface area contributed by atoms with E-state index in [-0.39, 0.29) is 18.6 Å². The molecule has 1 fully saturated rings. The number of carbonyl (C=O) groups is 1. The smallest absolute Gasteiger partial charge is 0.260 e. The maximum atomic E-state index is 11.5. The van der Waals surface area contributed by atoms with Gasteiger partial charge in [0.2, 0.25) is 0 Å². The van der Waals surface area contributed by atoms with E-state index in [2.05, 4.69) is 10.5 Å². The minimum Gasteiger partial charge on any atom is -0.385 e. The summed E-state index contributed by atoms with van der Waals surface area (Å²) in [5.41, 5.74) is 0.780. The molecule has 0 bridgehead atoms. The molecule has 1 saturated heterocycles. The number of thiophene rings is 1. The molecule has 1 unspecified atom stereocenters. The van der Waals surface area contributed by atoms with Crippen LogP contribution in [-0.4, -0.2) is 37.5 Å². The van der Waals surface area contributed by atoms with Gasteiger partial charge in [0.05, 0.1) is 16.7 Å². The Morgan fingerprint density at radius 2 is 2.58 bits per heavy atom. The van der Waals surface area contributed by atoms with Crippen LogP contribution in [0.25, 0.3) is 0 Å². The summed E-state index contributed by atoms with van der Waals surface area (Å²) in [6.45, 7) is 3.14. The summed E-state index contributed by atoms with van der Waals surface area (Å²) in [6, 6.07) is 3.91. The maximum Gasteiger partial charge on any atom is 0.260 e. The first-order valence-corrected chi connectivity index (χ1v) is 7.22. The van der Waals surface area contributed by atoms with Gasteiger partial charge in [0.25, 0.3) is 5.91 Å². The Labute approximate surface area is 116 Å². The van der Waals surface area contributed by atoms with Crippen molar-refractivity contribution in [2.45, 2.75) is 25.9 Å². The molecule has 2 heterocycles. The fraction of sp³-hybridized carbons (Fsp3) is 0.538. The highest BCUT2D eigenvalue weighted by Crippen LogP contribution is 2.11. The van der Waals surface area contributed by atoms with Crippen molar-refractivity contribution in [2.75, 3.05) is 19.8 Å². The van der Waals surface area contributed by atoms with Gasteiger partial charge < -0.3 is 14.9 Å². The van der Waals surface area contributed by atoms with Gasteiger partial charge in [0.15, 0.2) is 6.61 Å². The summed E-state index contributed by atoms with van der Waals surface area (Å²) in [5, 5.41) is 8.67. The van der Waals surface area contributed by atoms with Crippen molar-refractivity contribution in [3.05, 3.63) is 22.4 Å². The number of rotatable bonds is 6. The van der Waals surface area contributed by atoms with E-state index in [1.165, 1.54) is 0 Å². The van der Waals surface area contributed by atoms with Crippen molar-refractivity contribution >= 4 is 23.0 Å². The molecule has 0 spiro atoms. The van der Waals surface area contributed by atoms with Crippen molar-refractivity contribution in [2.24, 2.45) is 5.16 Å². The fourth-order valence-corrected chi connectivity index (χ4v) is 2.47. The SMILES string of the molecule is C/C(=N/OCC(=O)NCC1CCCO1)c1cccs1. The van der Waals surface area contributed by atoms with Crippen LogP contribution in [-0.2, 0) is 14.4 Å². The zero-order chi connectivity index (χ0) is 13.5. The van der Waals surface area contributed by atoms with Gasteiger partial charge in [0, 0.05) is 13.2 Å². The van der Waals surface area contributed by atoms with Crippen LogP contribution in [0.1, 0.15) is 24.6 Å². The van der Waals surface area contributed by atoms with Crippen LogP contribution >= 0.6 is 11.3 Å². The molecule has 1 amide bonds. The summed E-state index contributed by atoms with van der Waals surface area (Å²) in [5.74, 6) is -0.168. The topological polar surface area (TPSA) is 59.9 Å². The minimum absolute atomic E-state index is 0.0601. The number of carbonyl (C=O) groups excluding carboxylic acids is 1. The van der Waals surface area contributed by atoms with Crippen LogP contribution in [0, 0.1) is 0 Å². The standard InChI is InChI=1S/C13H18N2O3S/c1-10(12-5-3-7-19-12)15-18-9-13(16)14-8-11-4-2-6-17-11/h3,5,7,11H,2,4,6,8-9H2,1H3,(H,14,16)/b15-10-. The largest absolute Gasteiger partial charge is 0.385 e. The third kappa shape index (κ3) is 4.65. The van der Waals surface area contributed by atoms with Crippen LogP contribution in [0.5, 0.6) is 0 Å². The molecule has 1 aromatic rings. The molecule has 6 heteroatoms. The monoisotopic (exact) mass is 282 g/mol. The first-order chi connectivity index (χ1) is 9.25. The quantitative estimate of drug-likeness (QED) is 0.639. The Hall–Kier alpha value is -1.40. The number of hydrogen-bond donors (Lipinski definition) is 1. The average Bonchev–Trinajstić information content (AvgIpc) is 3.09. The molecule has 19 heavy (non-hydrogen) atoms. The van der Waals surface area contributed by atoms with E-state index in [0.29, 0.717) is 6.54 Å². The molecular weight excluding hydrogens is 264 g/mol. The summed E-state index contributed by atoms with van der Waals surface area (Å²) < 4.78 is 5.41. The molecule has 1 aliphatic rings. The second-order valence-corrected chi connectivity index (χ2v) is 5.31. The zero-order valence-electron chi connectivity index (χ0n) is 10.9. The van der Waals surface area contributed by atoms with Crippen molar-refractivity contribution in [3.8, 4) is 0 Å². The molecule has 0 radical (unpaired) electrons. The molecular formula is C13H18N2O3S. The first kappa shape index (κ1) is 14.0. The lowest BCUT2D eigenvalue weighted by Gasteiger charge is -2.10. The van der Waals surface area contributed by atoms with Crippen molar-refractivity contribution in [1.29, 1.82) is 0 Å². The second-order valence-electron chi connectivity index (χ2n) is 4.37. The highest BCUT2D eigenvalue weighted by Gasteiger charge is 2.16. The van der Waals surface area contributed by atoms with E-state index in [1.807, 2.05) is 24.4 Å². The minimum atomic E-state index is -0.168. The lowest BCUT2D eigenvalue weighted by Crippen LogP contribution is -2.33. The number of hydrogen-bond acceptors (Lipinski definition) is 5. The van der Waals surface area contributed by atoms with Gasteiger partial charge in [-0.2, -0.15) is 0 Å². The average molecular weight is 282 g/mol. The highest BCUT2D eigenvalue weighted by atomic mass is 32.1. The number of nitrogens with zero attached hydrogens (tertiary/aromatic N) is 1. The third-order valence-electron chi connectivity index (χ3n) is 2.83. The van der Waals surface area contributed by atoms with Gasteiger partial charge >= 0.3 is 0 Å². The van der Waals surface area contributed by atoms with Crippen molar-refractivity contribution < 1.29 is 14.4 Å². The Bertz CT molecular complexity index is 425. The second kappa shape index (κ2) is 7.25. The van der Waals surface area contributed by atoms with Crippen LogP contribution < -0.4 is 5.32 Å². The normalized spacial score (nSPS) is 19.4. The predicted molar refractivity (Wildman–Crippen MR) is 74.5 cm³/mol. The van der Waals surface area contributed by atoms with Crippen LogP contribution in [0.4, 0.5) is 0 Å². The molecule has 1 atom stereocenters. The molecule has 0 saturated carbocycles. The summed E-state index contributed by atoms with van der Waals surface area (Å²) in [6.07, 6.45) is 2.23. The zero-order valence-corrected chi connectivity index (χ0v) is 11.7. The van der Waals surface area contributed by atoms with E-state index in [1.54, 1.807) is 11.3 Å². The Morgan fingerprint density at radius 1 is 1.68 bits per heavy atom. The first-order valence-electron chi connectivity index (χ1n) is 6.34. The third-order valence-corrected chi connectivity index (χ3v) is 3.80. The Morgan fingerprint density at radius 3 is 3.26 bits per heavy atom. The van der Waals surface area contributed by atoms with E-state index in [9.17, 15) is 4.79 Å². The van der Waals surface area contributed by atoms with E-state index < -0.39 is 0 Å². The number of nitrogens with one attached hydrogen (secondary N) is 1. The molecule has 2 rings (SSSR count). The van der Waals surface area contributed by atoms with Gasteiger partial charge in [-0.15, -0.1) is 11.3 Å². The van der Waals surface area contributed by atoms with Crippen molar-refractivity contribution in [3.63, 3.8) is 0 Å². The number of amides is 1. The predicted octanol–water partition coefficient (Wildman–Crippen LogP) is 1.78. The van der Waals surface area contributed by atoms with E-state index in [0.717, 1.165) is 30.0 Å². The number of oxime groups is 1. The summed E-state index contributed by atoms with van der Waals surface area (Å²) in [4.78, 5) is 17.6. The van der Waals surface area contributed by atoms with Crippen LogP contribution in [0.2, 0.25) is 0 Å². The van der Waals surface area contributed by atoms with Crippen LogP contribution in [0.3, 0.4) is 0 Å². The lowest BCUT2D eigenvalue weighted by molar-refractivity contribution is -0.126. The van der Waals surface area contributed by atoms with Gasteiger partial charge in [-0.05, 0) is 31.2 Å². The van der Waals surface area contributed by atoms with Crippen molar-refractivity contribution in [1.82, 2.24) is 5.32 Å². The molecule has 0 aliphatic carbocycles. The number of ether oxygens (including phenoxy) is 1. The molecule has 1 N–H and O–H groups in total. The van der Waals surface area contributed by atoms with E-state index in [4.69, 9.17) is 9.57 Å². The Balaban J connectivity index is 1.64. The molecule has 1 aliphatic heterocycles. The van der Waals surface area contributed by atoms with E-state index >= 15 is 0 Å². The summed E-state index contributed by atoms with van der Waals surface area (Å²) >= 11 is 1.59. The highest BCUT2D eigenvalue weighted by molar-refractivity contribution is 7.12. The van der Waals surface area contributed by atoms with Gasteiger partial charge in [-0.25, -0.2) is 0 Å². The fourth-order valence-electron chi connectivity index (χ4n) is 1.80. The lowest BCUT2D eigenvalue weighted by atomic mass is 10.2. The van der Waals surface area contributed by atoms with Crippen LogP contribution in [0.15, 0.2) is 22.7 Å². The molecule has 104 valence electrons. The van der Waals surface area contributed by atoms with Gasteiger partial charge in [0.1, 0.15) is 0 Å². The Kier molecular flexibility index (Phi) is 5.35. The molecule has 5 nitrogen and oxygen atoms in total. The van der Waals surface area contributed by atoms with Gasteiger partial charge in [-0.1, -0.05) is 11.2 Å². The summed E-state index contributed by atoms with van der Waals surface area (Å²) in [7, 11) is 0.